The summed E-state index contributed by atoms with van der Waals surface area (Å²) in [6, 6.07) is 2.63. The minimum absolute atomic E-state index is 0.102. The van der Waals surface area contributed by atoms with E-state index < -0.39 is 11.6 Å². The molecule has 0 aliphatic rings. The Morgan fingerprint density at radius 3 is 2.69 bits per heavy atom. The first kappa shape index (κ1) is 10.3. The van der Waals surface area contributed by atoms with E-state index in [1.165, 1.54) is 12.1 Å². The Hall–Kier alpha value is -0.800. The normalized spacial score (nSPS) is 10.1. The van der Waals surface area contributed by atoms with E-state index in [1.54, 1.807) is 0 Å². The summed E-state index contributed by atoms with van der Waals surface area (Å²) in [7, 11) is 0. The smallest absolute Gasteiger partial charge is 0.180 e. The lowest BCUT2D eigenvalue weighted by molar-refractivity contribution is 0.101. The average Bonchev–Trinajstić information content (AvgIpc) is 2.13. The second-order valence-corrected chi connectivity index (χ2v) is 3.03. The first-order valence-electron chi connectivity index (χ1n) is 3.40. The Morgan fingerprint density at radius 1 is 1.54 bits per heavy atom. The van der Waals surface area contributed by atoms with Crippen LogP contribution >= 0.6 is 23.2 Å². The molecule has 13 heavy (non-hydrogen) atoms. The quantitative estimate of drug-likeness (QED) is 0.474. The van der Waals surface area contributed by atoms with Gasteiger partial charge in [-0.05, 0) is 12.1 Å². The number of nitrogens with two attached hydrogens (primary N) is 1. The van der Waals surface area contributed by atoms with E-state index in [1.807, 2.05) is 0 Å². The molecule has 0 bridgehead atoms. The third-order valence-corrected chi connectivity index (χ3v) is 2.16. The number of Topliss-reactive ketones (excluding diaryl/α,β-unsaturated/α-hetero) is 1. The minimum atomic E-state index is -0.813. The number of nitrogen functional groups attached to an aromatic ring is 1. The van der Waals surface area contributed by atoms with Crippen molar-refractivity contribution in [3.63, 3.8) is 0 Å². The van der Waals surface area contributed by atoms with Crippen molar-refractivity contribution >= 4 is 34.7 Å². The molecular formula is C8H6Cl2FNO. The average molecular weight is 222 g/mol. The highest BCUT2D eigenvalue weighted by Gasteiger charge is 2.14. The van der Waals surface area contributed by atoms with Gasteiger partial charge in [-0.2, -0.15) is 0 Å². The van der Waals surface area contributed by atoms with Gasteiger partial charge in [0.1, 0.15) is 0 Å². The Kier molecular flexibility index (Phi) is 3.12. The van der Waals surface area contributed by atoms with Gasteiger partial charge in [0.25, 0.3) is 0 Å². The molecule has 0 fully saturated rings. The summed E-state index contributed by atoms with van der Waals surface area (Å²) >= 11 is 10.7. The number of hydrogen-bond acceptors (Lipinski definition) is 2. The molecule has 70 valence electrons. The van der Waals surface area contributed by atoms with Crippen molar-refractivity contribution in [2.45, 2.75) is 0 Å². The van der Waals surface area contributed by atoms with Crippen molar-refractivity contribution < 1.29 is 9.18 Å². The molecule has 0 amide bonds. The summed E-state index contributed by atoms with van der Waals surface area (Å²) in [5.41, 5.74) is 5.29. The molecule has 1 aromatic rings. The van der Waals surface area contributed by atoms with E-state index in [0.717, 1.165) is 0 Å². The first-order valence-corrected chi connectivity index (χ1v) is 4.31. The third kappa shape index (κ3) is 1.92. The van der Waals surface area contributed by atoms with Gasteiger partial charge in [-0.3, -0.25) is 4.79 Å². The molecule has 0 heterocycles. The Bertz CT molecular complexity index is 354. The van der Waals surface area contributed by atoms with Gasteiger partial charge in [-0.1, -0.05) is 11.6 Å². The van der Waals surface area contributed by atoms with Crippen molar-refractivity contribution in [3.05, 3.63) is 28.5 Å². The molecule has 1 aromatic carbocycles. The predicted octanol–water partition coefficient (Wildman–Crippen LogP) is 2.48. The van der Waals surface area contributed by atoms with Gasteiger partial charge in [0.15, 0.2) is 11.6 Å². The zero-order valence-electron chi connectivity index (χ0n) is 6.48. The molecule has 0 spiro atoms. The van der Waals surface area contributed by atoms with Crippen LogP contribution in [0, 0.1) is 5.82 Å². The van der Waals surface area contributed by atoms with Gasteiger partial charge < -0.3 is 5.73 Å². The van der Waals surface area contributed by atoms with Gasteiger partial charge in [-0.15, -0.1) is 11.6 Å². The number of anilines is 1. The Balaban J connectivity index is 3.26. The van der Waals surface area contributed by atoms with Crippen molar-refractivity contribution in [1.29, 1.82) is 0 Å². The maximum Gasteiger partial charge on any atom is 0.180 e. The number of benzene rings is 1. The Labute approximate surface area is 84.4 Å². The fraction of sp³-hybridized carbons (Fsp3) is 0.125. The van der Waals surface area contributed by atoms with Crippen LogP contribution in [0.3, 0.4) is 0 Å². The van der Waals surface area contributed by atoms with Crippen LogP contribution in [0.1, 0.15) is 10.4 Å². The number of ketones is 1. The highest BCUT2D eigenvalue weighted by atomic mass is 35.5. The summed E-state index contributed by atoms with van der Waals surface area (Å²) in [6.07, 6.45) is 0. The van der Waals surface area contributed by atoms with Gasteiger partial charge in [0.05, 0.1) is 22.2 Å². The lowest BCUT2D eigenvalue weighted by atomic mass is 10.1. The maximum absolute atomic E-state index is 13.2. The molecule has 0 saturated carbocycles. The number of rotatable bonds is 2. The van der Waals surface area contributed by atoms with Crippen molar-refractivity contribution in [2.75, 3.05) is 11.6 Å². The molecular weight excluding hydrogens is 216 g/mol. The monoisotopic (exact) mass is 221 g/mol. The highest BCUT2D eigenvalue weighted by molar-refractivity contribution is 6.34. The van der Waals surface area contributed by atoms with Crippen LogP contribution in [-0.4, -0.2) is 11.7 Å². The van der Waals surface area contributed by atoms with Crippen LogP contribution in [0.2, 0.25) is 5.02 Å². The number of halogens is 3. The summed E-state index contributed by atoms with van der Waals surface area (Å²) in [4.78, 5) is 11.0. The van der Waals surface area contributed by atoms with Gasteiger partial charge in [0, 0.05) is 0 Å². The van der Waals surface area contributed by atoms with E-state index in [4.69, 9.17) is 28.9 Å². The van der Waals surface area contributed by atoms with Crippen molar-refractivity contribution in [1.82, 2.24) is 0 Å². The number of carbonyl (C=O) groups is 1. The van der Waals surface area contributed by atoms with Crippen LogP contribution in [0.5, 0.6) is 0 Å². The van der Waals surface area contributed by atoms with Gasteiger partial charge in [0.2, 0.25) is 0 Å². The molecule has 0 aliphatic heterocycles. The fourth-order valence-corrected chi connectivity index (χ4v) is 1.16. The molecule has 5 heteroatoms. The topological polar surface area (TPSA) is 43.1 Å². The first-order chi connectivity index (χ1) is 6.07. The second-order valence-electron chi connectivity index (χ2n) is 2.39. The van der Waals surface area contributed by atoms with Crippen LogP contribution in [0.15, 0.2) is 12.1 Å². The van der Waals surface area contributed by atoms with E-state index in [2.05, 4.69) is 0 Å². The van der Waals surface area contributed by atoms with E-state index in [-0.39, 0.29) is 22.2 Å². The predicted molar refractivity (Wildman–Crippen MR) is 50.9 cm³/mol. The number of carbonyl (C=O) groups excluding carboxylic acids is 1. The third-order valence-electron chi connectivity index (χ3n) is 1.53. The maximum atomic E-state index is 13.2. The van der Waals surface area contributed by atoms with Crippen LogP contribution < -0.4 is 5.73 Å². The van der Waals surface area contributed by atoms with Crippen molar-refractivity contribution in [3.8, 4) is 0 Å². The molecule has 0 saturated heterocycles. The van der Waals surface area contributed by atoms with Crippen LogP contribution in [0.4, 0.5) is 10.1 Å². The lowest BCUT2D eigenvalue weighted by Gasteiger charge is -2.03. The van der Waals surface area contributed by atoms with Crippen LogP contribution in [0.25, 0.3) is 0 Å². The summed E-state index contributed by atoms with van der Waals surface area (Å²) in [5.74, 6) is -1.61. The number of alkyl halides is 1. The molecule has 0 radical (unpaired) electrons. The second kappa shape index (κ2) is 3.94. The minimum Gasteiger partial charge on any atom is -0.397 e. The summed E-state index contributed by atoms with van der Waals surface area (Å²) in [6.45, 7) is 0. The zero-order valence-corrected chi connectivity index (χ0v) is 7.99. The van der Waals surface area contributed by atoms with Crippen molar-refractivity contribution in [2.24, 2.45) is 0 Å². The van der Waals surface area contributed by atoms with E-state index in [9.17, 15) is 9.18 Å². The standard InChI is InChI=1S/C8H6Cl2FNO/c9-3-6(13)4-1-2-5(12)7(10)8(4)11/h1-2H,3,12H2. The summed E-state index contributed by atoms with van der Waals surface area (Å²) in [5, 5.41) is -0.240. The fourth-order valence-electron chi connectivity index (χ4n) is 0.852. The molecule has 0 aliphatic carbocycles. The molecule has 2 nitrogen and oxygen atoms in total. The molecule has 0 aromatic heterocycles. The zero-order chi connectivity index (χ0) is 10.0. The molecule has 2 N–H and O–H groups in total. The summed E-state index contributed by atoms with van der Waals surface area (Å²) < 4.78 is 13.2. The lowest BCUT2D eigenvalue weighted by Crippen LogP contribution is -2.05. The molecule has 1 rings (SSSR count). The van der Waals surface area contributed by atoms with Crippen LogP contribution in [-0.2, 0) is 0 Å². The van der Waals surface area contributed by atoms with E-state index >= 15 is 0 Å². The number of hydrogen-bond donors (Lipinski definition) is 1. The molecule has 0 atom stereocenters. The SMILES string of the molecule is Nc1ccc(C(=O)CCl)c(F)c1Cl. The largest absolute Gasteiger partial charge is 0.397 e. The van der Waals surface area contributed by atoms with Gasteiger partial charge in [-0.25, -0.2) is 4.39 Å². The molecule has 0 unspecified atom stereocenters. The van der Waals surface area contributed by atoms with E-state index in [0.29, 0.717) is 0 Å². The highest BCUT2D eigenvalue weighted by Crippen LogP contribution is 2.25. The van der Waals surface area contributed by atoms with Gasteiger partial charge >= 0.3 is 0 Å². The Morgan fingerprint density at radius 2 is 2.15 bits per heavy atom.